The highest BCUT2D eigenvalue weighted by molar-refractivity contribution is 7.28. The van der Waals surface area contributed by atoms with Crippen LogP contribution < -0.4 is 0 Å². The van der Waals surface area contributed by atoms with Crippen LogP contribution in [0.5, 0.6) is 0 Å². The Bertz CT molecular complexity index is 10100. The third-order valence-corrected chi connectivity index (χ3v) is 32.0. The topological polar surface area (TPSA) is 116 Å². The summed E-state index contributed by atoms with van der Waals surface area (Å²) in [5.74, 6) is 5.95. The van der Waals surface area contributed by atoms with E-state index in [9.17, 15) is 0 Å². The molecule has 0 aliphatic rings. The highest BCUT2D eigenvalue weighted by atomic mass is 32.1. The number of aromatic nitrogens is 9. The van der Waals surface area contributed by atoms with E-state index in [1.54, 1.807) is 11.3 Å². The van der Waals surface area contributed by atoms with E-state index >= 15 is 0 Å². The molecule has 0 radical (unpaired) electrons. The highest BCUT2D eigenvalue weighted by Gasteiger charge is 2.24. The molecule has 0 bridgehead atoms. The van der Waals surface area contributed by atoms with Gasteiger partial charge in [-0.25, -0.2) is 44.9 Å². The Labute approximate surface area is 831 Å². The number of hydrogen-bond donors (Lipinski definition) is 0. The van der Waals surface area contributed by atoms with Gasteiger partial charge in [0.05, 0.1) is 0 Å². The molecule has 0 amide bonds. The van der Waals surface area contributed by atoms with Crippen LogP contribution in [0.3, 0.4) is 0 Å². The molecule has 7 aromatic heterocycles. The summed E-state index contributed by atoms with van der Waals surface area (Å²) in [6.45, 7) is 0. The van der Waals surface area contributed by atoms with Crippen LogP contribution in [-0.4, -0.2) is 44.9 Å². The second-order valence-electron chi connectivity index (χ2n) is 35.7. The summed E-state index contributed by atoms with van der Waals surface area (Å²) < 4.78 is 10.4. The first kappa shape index (κ1) is 83.7. The van der Waals surface area contributed by atoms with Gasteiger partial charge in [0.2, 0.25) is 0 Å². The zero-order valence-corrected chi connectivity index (χ0v) is 79.4. The Kier molecular flexibility index (Phi) is 20.9. The maximum atomic E-state index is 5.19. The fraction of sp³-hybridized carbons (Fsp3) is 0. The van der Waals surface area contributed by atoms with E-state index in [0.717, 1.165) is 88.5 Å². The molecule has 662 valence electrons. The van der Waals surface area contributed by atoms with Gasteiger partial charge in [-0.2, -0.15) is 0 Å². The minimum absolute atomic E-state index is 0.649. The molecule has 0 atom stereocenters. The summed E-state index contributed by atoms with van der Waals surface area (Å²) in [4.78, 5) is 45.5. The molecular weight excluding hydrogens is 1800 g/mol. The van der Waals surface area contributed by atoms with Gasteiger partial charge in [0.1, 0.15) is 0 Å². The zero-order valence-electron chi connectivity index (χ0n) is 76.1. The Hall–Kier alpha value is -17.7. The van der Waals surface area contributed by atoms with Crippen LogP contribution in [0.1, 0.15) is 0 Å². The number of rotatable bonds is 12. The van der Waals surface area contributed by atoms with Gasteiger partial charge < -0.3 is 0 Å². The number of thiophene rings is 4. The fourth-order valence-electron chi connectivity index (χ4n) is 20.2. The van der Waals surface area contributed by atoms with Crippen molar-refractivity contribution >= 4 is 191 Å². The van der Waals surface area contributed by atoms with Crippen LogP contribution in [0.15, 0.2) is 467 Å². The first-order valence-corrected chi connectivity index (χ1v) is 50.7. The second kappa shape index (κ2) is 35.4. The lowest BCUT2D eigenvalue weighted by atomic mass is 9.96. The molecule has 9 nitrogen and oxygen atoms in total. The van der Waals surface area contributed by atoms with Crippen molar-refractivity contribution in [1.82, 2.24) is 44.9 Å². The molecule has 0 aliphatic heterocycles. The Morgan fingerprint density at radius 3 is 0.915 bits per heavy atom. The lowest BCUT2D eigenvalue weighted by Gasteiger charge is -2.13. The first-order chi connectivity index (χ1) is 70.3. The van der Waals surface area contributed by atoms with E-state index < -0.39 is 0 Å². The summed E-state index contributed by atoms with van der Waals surface area (Å²) in [5, 5.41) is 25.0. The summed E-state index contributed by atoms with van der Waals surface area (Å²) in [6, 6.07) is 165. The van der Waals surface area contributed by atoms with Gasteiger partial charge in [-0.15, -0.1) is 45.3 Å². The second-order valence-corrected chi connectivity index (χ2v) is 39.9. The van der Waals surface area contributed by atoms with Gasteiger partial charge in [-0.3, -0.25) is 0 Å². The summed E-state index contributed by atoms with van der Waals surface area (Å²) >= 11 is 7.40. The minimum atomic E-state index is 0.649. The van der Waals surface area contributed by atoms with Crippen molar-refractivity contribution < 1.29 is 0 Å². The Morgan fingerprint density at radius 2 is 0.394 bits per heavy atom. The minimum Gasteiger partial charge on any atom is -0.208 e. The van der Waals surface area contributed by atoms with Crippen molar-refractivity contribution in [2.24, 2.45) is 0 Å². The summed E-state index contributed by atoms with van der Waals surface area (Å²) in [7, 11) is 0. The molecule has 142 heavy (non-hydrogen) atoms. The van der Waals surface area contributed by atoms with Gasteiger partial charge in [0.15, 0.2) is 52.4 Å². The van der Waals surface area contributed by atoms with Crippen LogP contribution in [0.25, 0.3) is 281 Å². The van der Waals surface area contributed by atoms with E-state index in [2.05, 4.69) is 400 Å². The first-order valence-electron chi connectivity index (χ1n) is 47.4. The maximum absolute atomic E-state index is 5.19. The van der Waals surface area contributed by atoms with E-state index in [4.69, 9.17) is 44.9 Å². The maximum Gasteiger partial charge on any atom is 0.165 e. The van der Waals surface area contributed by atoms with Crippen molar-refractivity contribution in [2.75, 3.05) is 0 Å². The lowest BCUT2D eigenvalue weighted by molar-refractivity contribution is 1.07. The molecule has 0 aliphatic carbocycles. The monoisotopic (exact) mass is 1880 g/mol. The summed E-state index contributed by atoms with van der Waals surface area (Å²) in [5.41, 5.74) is 15.7. The van der Waals surface area contributed by atoms with Crippen LogP contribution >= 0.6 is 45.3 Å². The normalized spacial score (nSPS) is 11.7. The average molecular weight is 1880 g/mol. The number of nitrogens with zero attached hydrogens (tertiary/aromatic N) is 9. The van der Waals surface area contributed by atoms with Crippen LogP contribution in [-0.2, 0) is 0 Å². The molecule has 22 aromatic carbocycles. The lowest BCUT2D eigenvalue weighted by Crippen LogP contribution is -2.01. The molecule has 29 aromatic rings. The largest absolute Gasteiger partial charge is 0.208 e. The van der Waals surface area contributed by atoms with Gasteiger partial charge in [-0.05, 0) is 149 Å². The average Bonchev–Trinajstić information content (AvgIpc) is 0.849. The van der Waals surface area contributed by atoms with Crippen LogP contribution in [0.2, 0.25) is 0 Å². The molecule has 0 saturated heterocycles. The van der Waals surface area contributed by atoms with Gasteiger partial charge >= 0.3 is 0 Å². The van der Waals surface area contributed by atoms with E-state index in [-0.39, 0.29) is 0 Å². The summed E-state index contributed by atoms with van der Waals surface area (Å²) in [6.07, 6.45) is 0. The molecule has 13 heteroatoms. The van der Waals surface area contributed by atoms with Crippen LogP contribution in [0.4, 0.5) is 0 Å². The SMILES string of the molecule is c1ccc(-c2nc(-c3ccc(-c4ccc5ccc6c7ccccc7sc6c5c4)cc3)nc(-c3ccc4ccccc4c3)n2)cc1.c1ccc(-c2nc(-c3cccc(-c4ccc5ccc6c7ccccc7sc6c5c4)c3)nc(-c3cc4ccccc4c4ccccc34)n2)cc1.c1ccc(-c2nc(-c3cccc(-c4cccc5c4ccc4c6ccccc6sc54)c3)nc(-c3cccc4c3sc3ccccc34)n2)cc1. The molecule has 7 heterocycles. The molecular formula is C129H77N9S4. The standard InChI is InChI=1S/C45H27N3S.C43H25N3S2.C41H25N3S/c1-2-11-29(12-3-1)43-46-44(48-45(47-43)40-27-32-13-4-5-16-34(32)35-17-6-7-18-36(35)40)33-15-10-14-30(25-33)31-22-21-28-23-24-38-37-19-8-9-20-41(37)49-42(38)39(28)26-31;1-2-11-26(12-3-1)41-44-42(46-43(45-41)36-20-10-19-34-31-15-4-6-21-37(31)48-40(34)36)28-14-8-13-27(25-28)29-17-9-18-33-30(29)23-24-35-32-16-5-7-22-38(32)47-39(33)35;1-2-9-29(10-3-1)39-42-40(44-41(43-39)33-21-16-26-8-4-5-11-31(26)24-33)30-18-14-27(15-19-30)32-20-17-28-22-23-35-34-12-6-7-13-37(34)45-38(35)36(28)25-32/h1-27H;1-25H;1-25H. The van der Waals surface area contributed by atoms with Gasteiger partial charge in [-0.1, -0.05) is 400 Å². The highest BCUT2D eigenvalue weighted by Crippen LogP contribution is 2.48. The third kappa shape index (κ3) is 15.3. The van der Waals surface area contributed by atoms with E-state index in [0.29, 0.717) is 52.4 Å². The Balaban J connectivity index is 0.000000107. The number of fused-ring (bicyclic) bond motifs is 22. The van der Waals surface area contributed by atoms with Crippen LogP contribution in [0, 0.1) is 0 Å². The quantitative estimate of drug-likeness (QED) is 0.110. The van der Waals surface area contributed by atoms with Crippen molar-refractivity contribution in [2.45, 2.75) is 0 Å². The number of hydrogen-bond acceptors (Lipinski definition) is 13. The van der Waals surface area contributed by atoms with Crippen molar-refractivity contribution in [3.05, 3.63) is 467 Å². The van der Waals surface area contributed by atoms with E-state index in [1.807, 2.05) is 101 Å². The molecule has 0 spiro atoms. The zero-order chi connectivity index (χ0) is 93.7. The molecule has 29 rings (SSSR count). The van der Waals surface area contributed by atoms with Crippen molar-refractivity contribution in [3.8, 4) is 136 Å². The smallest absolute Gasteiger partial charge is 0.165 e. The fourth-order valence-corrected chi connectivity index (χ4v) is 25.1. The third-order valence-electron chi connectivity index (χ3n) is 27.2. The van der Waals surface area contributed by atoms with E-state index in [1.165, 1.54) is 140 Å². The molecule has 0 fully saturated rings. The van der Waals surface area contributed by atoms with Gasteiger partial charge in [0.25, 0.3) is 0 Å². The van der Waals surface area contributed by atoms with Crippen molar-refractivity contribution in [3.63, 3.8) is 0 Å². The molecule has 0 unspecified atom stereocenters. The predicted molar refractivity (Wildman–Crippen MR) is 601 cm³/mol. The molecule has 0 saturated carbocycles. The van der Waals surface area contributed by atoms with Gasteiger partial charge in [0, 0.05) is 147 Å². The van der Waals surface area contributed by atoms with Crippen molar-refractivity contribution in [1.29, 1.82) is 0 Å². The Morgan fingerprint density at radius 1 is 0.113 bits per heavy atom. The predicted octanol–water partition coefficient (Wildman–Crippen LogP) is 36.0. The molecule has 0 N–H and O–H groups in total. The number of benzene rings is 22.